The van der Waals surface area contributed by atoms with Crippen LogP contribution < -0.4 is 5.73 Å². The van der Waals surface area contributed by atoms with E-state index >= 15 is 0 Å². The molecule has 3 rings (SSSR count). The Labute approximate surface area is 124 Å². The highest BCUT2D eigenvalue weighted by molar-refractivity contribution is 5.58. The monoisotopic (exact) mass is 287 g/mol. The van der Waals surface area contributed by atoms with Crippen molar-refractivity contribution in [2.45, 2.75) is 44.8 Å². The second-order valence-corrected chi connectivity index (χ2v) is 5.48. The fourth-order valence-corrected chi connectivity index (χ4v) is 2.73. The molecular weight excluding hydrogens is 266 g/mol. The summed E-state index contributed by atoms with van der Waals surface area (Å²) in [6.45, 7) is 1.32. The average Bonchev–Trinajstić information content (AvgIpc) is 2.98. The molecule has 0 amide bonds. The van der Waals surface area contributed by atoms with Crippen LogP contribution in [-0.4, -0.2) is 32.9 Å². The van der Waals surface area contributed by atoms with Gasteiger partial charge in [0.25, 0.3) is 0 Å². The maximum Gasteiger partial charge on any atom is 0.182 e. The molecule has 0 radical (unpaired) electrons. The molecule has 1 aromatic carbocycles. The number of benzene rings is 1. The van der Waals surface area contributed by atoms with Crippen LogP contribution in [-0.2, 0) is 11.3 Å². The van der Waals surface area contributed by atoms with Crippen LogP contribution in [0.3, 0.4) is 0 Å². The predicted octanol–water partition coefficient (Wildman–Crippen LogP) is 2.27. The number of hydrogen-bond acceptors (Lipinski definition) is 5. The maximum atomic E-state index is 5.93. The molecule has 2 N–H and O–H groups in total. The quantitative estimate of drug-likeness (QED) is 0.853. The zero-order valence-corrected chi connectivity index (χ0v) is 12.1. The first kappa shape index (κ1) is 14.0. The smallest absolute Gasteiger partial charge is 0.182 e. The van der Waals surface area contributed by atoms with E-state index in [1.165, 1.54) is 32.1 Å². The molecule has 1 aliphatic rings. The molecule has 6 heteroatoms. The first-order valence-electron chi connectivity index (χ1n) is 7.56. The molecule has 0 saturated heterocycles. The Kier molecular flexibility index (Phi) is 4.45. The summed E-state index contributed by atoms with van der Waals surface area (Å²) in [5.41, 5.74) is 7.40. The summed E-state index contributed by atoms with van der Waals surface area (Å²) in [7, 11) is 0. The second kappa shape index (κ2) is 6.67. The molecule has 2 aromatic rings. The SMILES string of the molecule is Nc1ccc(-c2nnnn2CCOC2CCCCC2)cc1. The van der Waals surface area contributed by atoms with E-state index in [4.69, 9.17) is 10.5 Å². The number of nitrogens with two attached hydrogens (primary N) is 1. The molecule has 0 atom stereocenters. The normalized spacial score (nSPS) is 16.2. The van der Waals surface area contributed by atoms with Crippen LogP contribution in [0.15, 0.2) is 24.3 Å². The largest absolute Gasteiger partial charge is 0.399 e. The Bertz CT molecular complexity index is 560. The fraction of sp³-hybridized carbons (Fsp3) is 0.533. The van der Waals surface area contributed by atoms with Gasteiger partial charge in [-0.3, -0.25) is 0 Å². The lowest BCUT2D eigenvalue weighted by atomic mass is 9.98. The lowest BCUT2D eigenvalue weighted by molar-refractivity contribution is 0.0228. The van der Waals surface area contributed by atoms with E-state index in [-0.39, 0.29) is 0 Å². The standard InChI is InChI=1S/C15H21N5O/c16-13-8-6-12(7-9-13)15-17-18-19-20(15)10-11-21-14-4-2-1-3-5-14/h6-9,14H,1-5,10-11,16H2. The first-order valence-corrected chi connectivity index (χ1v) is 7.56. The summed E-state index contributed by atoms with van der Waals surface area (Å²) < 4.78 is 7.72. The van der Waals surface area contributed by atoms with Crippen LogP contribution in [0, 0.1) is 0 Å². The lowest BCUT2D eigenvalue weighted by Crippen LogP contribution is -2.19. The van der Waals surface area contributed by atoms with E-state index < -0.39 is 0 Å². The van der Waals surface area contributed by atoms with Gasteiger partial charge in [0.15, 0.2) is 5.82 Å². The highest BCUT2D eigenvalue weighted by atomic mass is 16.5. The summed E-state index contributed by atoms with van der Waals surface area (Å²) >= 11 is 0. The van der Waals surface area contributed by atoms with Crippen LogP contribution in [0.4, 0.5) is 5.69 Å². The van der Waals surface area contributed by atoms with Crippen LogP contribution in [0.2, 0.25) is 0 Å². The summed E-state index contributed by atoms with van der Waals surface area (Å²) in [6.07, 6.45) is 6.68. The molecule has 0 unspecified atom stereocenters. The maximum absolute atomic E-state index is 5.93. The van der Waals surface area contributed by atoms with Crippen LogP contribution in [0.5, 0.6) is 0 Å². The van der Waals surface area contributed by atoms with Gasteiger partial charge in [0, 0.05) is 11.3 Å². The van der Waals surface area contributed by atoms with Crippen molar-refractivity contribution in [3.8, 4) is 11.4 Å². The van der Waals surface area contributed by atoms with Gasteiger partial charge in [-0.05, 0) is 47.5 Å². The topological polar surface area (TPSA) is 78.9 Å². The van der Waals surface area contributed by atoms with Crippen molar-refractivity contribution < 1.29 is 4.74 Å². The Morgan fingerprint density at radius 3 is 2.67 bits per heavy atom. The molecule has 112 valence electrons. The third kappa shape index (κ3) is 3.58. The summed E-state index contributed by atoms with van der Waals surface area (Å²) in [4.78, 5) is 0. The third-order valence-corrected chi connectivity index (χ3v) is 3.91. The minimum absolute atomic E-state index is 0.412. The van der Waals surface area contributed by atoms with Gasteiger partial charge in [0.2, 0.25) is 0 Å². The molecule has 1 heterocycles. The molecule has 1 saturated carbocycles. The van der Waals surface area contributed by atoms with Crippen LogP contribution in [0.1, 0.15) is 32.1 Å². The van der Waals surface area contributed by atoms with Gasteiger partial charge < -0.3 is 10.5 Å². The van der Waals surface area contributed by atoms with E-state index in [1.54, 1.807) is 4.68 Å². The fourth-order valence-electron chi connectivity index (χ4n) is 2.73. The molecule has 0 bridgehead atoms. The van der Waals surface area contributed by atoms with Crippen molar-refractivity contribution in [3.63, 3.8) is 0 Å². The zero-order valence-electron chi connectivity index (χ0n) is 12.1. The van der Waals surface area contributed by atoms with E-state index in [2.05, 4.69) is 15.5 Å². The van der Waals surface area contributed by atoms with E-state index in [9.17, 15) is 0 Å². The number of hydrogen-bond donors (Lipinski definition) is 1. The highest BCUT2D eigenvalue weighted by Gasteiger charge is 2.14. The minimum Gasteiger partial charge on any atom is -0.399 e. The Morgan fingerprint density at radius 1 is 1.14 bits per heavy atom. The Balaban J connectivity index is 1.59. The van der Waals surface area contributed by atoms with Gasteiger partial charge in [0.05, 0.1) is 19.3 Å². The molecule has 0 spiro atoms. The molecule has 1 fully saturated rings. The summed E-state index contributed by atoms with van der Waals surface area (Å²) in [5.74, 6) is 0.752. The third-order valence-electron chi connectivity index (χ3n) is 3.91. The Hall–Kier alpha value is -1.95. The van der Waals surface area contributed by atoms with E-state index in [0.717, 1.165) is 17.1 Å². The number of nitrogen functional groups attached to an aromatic ring is 1. The van der Waals surface area contributed by atoms with Gasteiger partial charge in [0.1, 0.15) is 0 Å². The highest BCUT2D eigenvalue weighted by Crippen LogP contribution is 2.21. The zero-order chi connectivity index (χ0) is 14.5. The van der Waals surface area contributed by atoms with E-state index in [0.29, 0.717) is 19.3 Å². The molecule has 0 aliphatic heterocycles. The van der Waals surface area contributed by atoms with Gasteiger partial charge in [-0.15, -0.1) is 5.10 Å². The van der Waals surface area contributed by atoms with Crippen molar-refractivity contribution in [1.29, 1.82) is 0 Å². The van der Waals surface area contributed by atoms with Crippen molar-refractivity contribution >= 4 is 5.69 Å². The molecule has 1 aliphatic carbocycles. The summed E-state index contributed by atoms with van der Waals surface area (Å²) in [6, 6.07) is 7.57. The van der Waals surface area contributed by atoms with Crippen molar-refractivity contribution in [2.75, 3.05) is 12.3 Å². The predicted molar refractivity (Wildman–Crippen MR) is 80.5 cm³/mol. The lowest BCUT2D eigenvalue weighted by Gasteiger charge is -2.21. The Morgan fingerprint density at radius 2 is 1.90 bits per heavy atom. The van der Waals surface area contributed by atoms with Crippen LogP contribution in [0.25, 0.3) is 11.4 Å². The van der Waals surface area contributed by atoms with Gasteiger partial charge in [-0.2, -0.15) is 0 Å². The van der Waals surface area contributed by atoms with Gasteiger partial charge in [-0.1, -0.05) is 19.3 Å². The molecule has 1 aromatic heterocycles. The molecule has 21 heavy (non-hydrogen) atoms. The van der Waals surface area contributed by atoms with Gasteiger partial charge in [-0.25, -0.2) is 4.68 Å². The number of nitrogens with zero attached hydrogens (tertiary/aromatic N) is 4. The van der Waals surface area contributed by atoms with Crippen molar-refractivity contribution in [1.82, 2.24) is 20.2 Å². The minimum atomic E-state index is 0.412. The number of ether oxygens (including phenoxy) is 1. The number of tetrazole rings is 1. The number of aromatic nitrogens is 4. The second-order valence-electron chi connectivity index (χ2n) is 5.48. The molecule has 6 nitrogen and oxygen atoms in total. The number of anilines is 1. The average molecular weight is 287 g/mol. The van der Waals surface area contributed by atoms with Crippen molar-refractivity contribution in [3.05, 3.63) is 24.3 Å². The van der Waals surface area contributed by atoms with Gasteiger partial charge >= 0.3 is 0 Å². The van der Waals surface area contributed by atoms with E-state index in [1.807, 2.05) is 24.3 Å². The number of rotatable bonds is 5. The van der Waals surface area contributed by atoms with Crippen LogP contribution >= 0.6 is 0 Å². The first-order chi connectivity index (χ1) is 10.3. The molecular formula is C15H21N5O. The summed E-state index contributed by atoms with van der Waals surface area (Å²) in [5, 5.41) is 11.9. The van der Waals surface area contributed by atoms with Crippen molar-refractivity contribution in [2.24, 2.45) is 0 Å².